The number of thioether (sulfide) groups is 1. The van der Waals surface area contributed by atoms with Crippen molar-refractivity contribution in [2.45, 2.75) is 52.4 Å². The molecule has 0 amide bonds. The lowest BCUT2D eigenvalue weighted by Gasteiger charge is -2.28. The fraction of sp³-hybridized carbons (Fsp3) is 0.400. The molecule has 0 fully saturated rings. The van der Waals surface area contributed by atoms with Crippen LogP contribution in [0.5, 0.6) is 0 Å². The summed E-state index contributed by atoms with van der Waals surface area (Å²) in [7, 11) is 0. The minimum atomic E-state index is 0.201. The summed E-state index contributed by atoms with van der Waals surface area (Å²) in [5, 5.41) is 0. The molecule has 3 aromatic rings. The van der Waals surface area contributed by atoms with E-state index in [0.717, 1.165) is 26.2 Å². The summed E-state index contributed by atoms with van der Waals surface area (Å²) in [6, 6.07) is 23.2. The quantitative estimate of drug-likeness (QED) is 0.224. The van der Waals surface area contributed by atoms with E-state index >= 15 is 0 Å². The molecule has 3 aromatic carbocycles. The molecule has 0 aliphatic heterocycles. The minimum absolute atomic E-state index is 0.201. The molecule has 0 spiro atoms. The molecular formula is C30H40N2S. The molecule has 0 saturated carbocycles. The zero-order chi connectivity index (χ0) is 24.0. The van der Waals surface area contributed by atoms with Gasteiger partial charge in [-0.1, -0.05) is 24.3 Å². The first-order chi connectivity index (χ1) is 16.0. The zero-order valence-corrected chi connectivity index (χ0v) is 22.3. The summed E-state index contributed by atoms with van der Waals surface area (Å²) >= 11 is 1.80. The van der Waals surface area contributed by atoms with Crippen LogP contribution in [0, 0.1) is 13.8 Å². The Hall–Kier alpha value is -2.39. The van der Waals surface area contributed by atoms with Crippen molar-refractivity contribution in [2.75, 3.05) is 42.2 Å². The average molecular weight is 461 g/mol. The van der Waals surface area contributed by atoms with Crippen LogP contribution in [0.4, 0.5) is 11.4 Å². The summed E-state index contributed by atoms with van der Waals surface area (Å²) in [6.07, 6.45) is 2.14. The highest BCUT2D eigenvalue weighted by Gasteiger charge is 2.22. The Morgan fingerprint density at radius 2 is 1.06 bits per heavy atom. The van der Waals surface area contributed by atoms with Crippen molar-refractivity contribution in [3.63, 3.8) is 0 Å². The van der Waals surface area contributed by atoms with Gasteiger partial charge in [-0.25, -0.2) is 0 Å². The van der Waals surface area contributed by atoms with Crippen LogP contribution in [-0.4, -0.2) is 32.4 Å². The molecule has 0 saturated heterocycles. The van der Waals surface area contributed by atoms with Crippen LogP contribution in [0.15, 0.2) is 65.6 Å². The number of nitrogens with zero attached hydrogens (tertiary/aromatic N) is 2. The molecular weight excluding hydrogens is 420 g/mol. The lowest BCUT2D eigenvalue weighted by molar-refractivity contribution is 0.855. The highest BCUT2D eigenvalue weighted by molar-refractivity contribution is 7.98. The van der Waals surface area contributed by atoms with Crippen LogP contribution in [0.25, 0.3) is 0 Å². The monoisotopic (exact) mass is 460 g/mol. The van der Waals surface area contributed by atoms with E-state index < -0.39 is 0 Å². The Labute approximate surface area is 206 Å². The van der Waals surface area contributed by atoms with Gasteiger partial charge in [0.1, 0.15) is 0 Å². The van der Waals surface area contributed by atoms with Crippen LogP contribution in [0.1, 0.15) is 61.4 Å². The highest BCUT2D eigenvalue weighted by Crippen LogP contribution is 2.39. The van der Waals surface area contributed by atoms with Crippen molar-refractivity contribution < 1.29 is 0 Å². The van der Waals surface area contributed by atoms with Gasteiger partial charge in [-0.05, 0) is 112 Å². The van der Waals surface area contributed by atoms with E-state index in [9.17, 15) is 0 Å². The number of rotatable bonds is 10. The van der Waals surface area contributed by atoms with Gasteiger partial charge >= 0.3 is 0 Å². The molecule has 2 nitrogen and oxygen atoms in total. The fourth-order valence-electron chi connectivity index (χ4n) is 4.77. The van der Waals surface area contributed by atoms with E-state index in [1.165, 1.54) is 44.1 Å². The average Bonchev–Trinajstić information content (AvgIpc) is 2.84. The van der Waals surface area contributed by atoms with Gasteiger partial charge in [0.25, 0.3) is 0 Å². The van der Waals surface area contributed by atoms with Gasteiger partial charge in [-0.15, -0.1) is 11.8 Å². The number of benzene rings is 3. The predicted octanol–water partition coefficient (Wildman–Crippen LogP) is 7.90. The summed E-state index contributed by atoms with van der Waals surface area (Å²) in [5.41, 5.74) is 9.46. The van der Waals surface area contributed by atoms with Crippen molar-refractivity contribution in [3.8, 4) is 0 Å². The van der Waals surface area contributed by atoms with Crippen LogP contribution in [0.2, 0.25) is 0 Å². The van der Waals surface area contributed by atoms with Crippen LogP contribution in [-0.2, 0) is 0 Å². The van der Waals surface area contributed by atoms with E-state index in [0.29, 0.717) is 0 Å². The maximum atomic E-state index is 2.44. The second-order valence-corrected chi connectivity index (χ2v) is 9.51. The van der Waals surface area contributed by atoms with Gasteiger partial charge in [-0.3, -0.25) is 0 Å². The molecule has 0 aliphatic carbocycles. The highest BCUT2D eigenvalue weighted by atomic mass is 32.2. The fourth-order valence-corrected chi connectivity index (χ4v) is 5.18. The molecule has 0 radical (unpaired) electrons. The largest absolute Gasteiger partial charge is 0.372 e. The Bertz CT molecular complexity index is 972. The molecule has 0 aromatic heterocycles. The third-order valence-electron chi connectivity index (χ3n) is 6.85. The van der Waals surface area contributed by atoms with Crippen LogP contribution < -0.4 is 9.80 Å². The van der Waals surface area contributed by atoms with Gasteiger partial charge < -0.3 is 9.80 Å². The van der Waals surface area contributed by atoms with Crippen LogP contribution in [0.3, 0.4) is 0 Å². The SMILES string of the molecule is CCN(CC)c1ccc(C)c(C(c2ccc(SC)cc2)c2cc(N(CC)CC)ccc2C)c1. The third-order valence-corrected chi connectivity index (χ3v) is 7.60. The number of anilines is 2. The van der Waals surface area contributed by atoms with Gasteiger partial charge in [0.05, 0.1) is 0 Å². The van der Waals surface area contributed by atoms with E-state index in [1.807, 2.05) is 0 Å². The Morgan fingerprint density at radius 1 is 0.636 bits per heavy atom. The second-order valence-electron chi connectivity index (χ2n) is 8.63. The molecule has 0 aliphatic rings. The molecule has 0 atom stereocenters. The summed E-state index contributed by atoms with van der Waals surface area (Å²) < 4.78 is 0. The van der Waals surface area contributed by atoms with Crippen molar-refractivity contribution >= 4 is 23.1 Å². The first kappa shape index (κ1) is 25.2. The second kappa shape index (κ2) is 11.7. The van der Waals surface area contributed by atoms with Gasteiger partial charge in [0.15, 0.2) is 0 Å². The molecule has 3 rings (SSSR count). The van der Waals surface area contributed by atoms with Gasteiger partial charge in [0, 0.05) is 48.4 Å². The molecule has 0 bridgehead atoms. The van der Waals surface area contributed by atoms with Crippen molar-refractivity contribution in [2.24, 2.45) is 0 Å². The first-order valence-electron chi connectivity index (χ1n) is 12.3. The summed E-state index contributed by atoms with van der Waals surface area (Å²) in [6.45, 7) is 17.5. The van der Waals surface area contributed by atoms with Crippen LogP contribution >= 0.6 is 11.8 Å². The van der Waals surface area contributed by atoms with Gasteiger partial charge in [-0.2, -0.15) is 0 Å². The predicted molar refractivity (Wildman–Crippen MR) is 149 cm³/mol. The Kier molecular flexibility index (Phi) is 8.91. The number of aryl methyl sites for hydroxylation is 2. The number of hydrogen-bond acceptors (Lipinski definition) is 3. The van der Waals surface area contributed by atoms with Gasteiger partial charge in [0.2, 0.25) is 0 Å². The summed E-state index contributed by atoms with van der Waals surface area (Å²) in [5.74, 6) is 0.201. The van der Waals surface area contributed by atoms with Crippen molar-refractivity contribution in [1.29, 1.82) is 0 Å². The molecule has 3 heteroatoms. The van der Waals surface area contributed by atoms with Crippen molar-refractivity contribution in [1.82, 2.24) is 0 Å². The molecule has 0 N–H and O–H groups in total. The molecule has 0 heterocycles. The van der Waals surface area contributed by atoms with E-state index in [4.69, 9.17) is 0 Å². The Morgan fingerprint density at radius 3 is 1.42 bits per heavy atom. The van der Waals surface area contributed by atoms with Crippen molar-refractivity contribution in [3.05, 3.63) is 88.5 Å². The maximum Gasteiger partial charge on any atom is 0.0369 e. The zero-order valence-electron chi connectivity index (χ0n) is 21.5. The van der Waals surface area contributed by atoms with E-state index in [-0.39, 0.29) is 5.92 Å². The maximum absolute atomic E-state index is 2.44. The first-order valence-corrected chi connectivity index (χ1v) is 13.5. The van der Waals surface area contributed by atoms with E-state index in [2.05, 4.69) is 118 Å². The molecule has 33 heavy (non-hydrogen) atoms. The minimum Gasteiger partial charge on any atom is -0.372 e. The Balaban J connectivity index is 2.24. The van der Waals surface area contributed by atoms with E-state index in [1.54, 1.807) is 11.8 Å². The molecule has 176 valence electrons. The smallest absolute Gasteiger partial charge is 0.0369 e. The lowest BCUT2D eigenvalue weighted by atomic mass is 9.81. The standard InChI is InChI=1S/C30H40N2S/c1-8-31(9-2)25-16-12-22(5)28(20-25)30(24-14-18-27(33-7)19-15-24)29-21-26(17-13-23(29)6)32(10-3)11-4/h12-21,30H,8-11H2,1-7H3. The topological polar surface area (TPSA) is 6.48 Å². The lowest BCUT2D eigenvalue weighted by Crippen LogP contribution is -2.23. The normalized spacial score (nSPS) is 11.2. The third kappa shape index (κ3) is 5.58. The summed E-state index contributed by atoms with van der Waals surface area (Å²) in [4.78, 5) is 6.19. The number of hydrogen-bond donors (Lipinski definition) is 0. The molecule has 0 unspecified atom stereocenters.